The lowest BCUT2D eigenvalue weighted by molar-refractivity contribution is 0.572. The maximum absolute atomic E-state index is 5.75. The molecule has 0 saturated carbocycles. The highest BCUT2D eigenvalue weighted by molar-refractivity contribution is 5.82. The molecule has 1 aliphatic carbocycles. The van der Waals surface area contributed by atoms with Gasteiger partial charge in [0.25, 0.3) is 0 Å². The van der Waals surface area contributed by atoms with Crippen LogP contribution >= 0.6 is 0 Å². The highest BCUT2D eigenvalue weighted by Gasteiger charge is 2.04. The lowest BCUT2D eigenvalue weighted by Gasteiger charge is -1.92. The summed E-state index contributed by atoms with van der Waals surface area (Å²) in [6, 6.07) is 5.79. The van der Waals surface area contributed by atoms with Gasteiger partial charge in [-0.15, -0.1) is 0 Å². The third kappa shape index (κ3) is 0.970. The van der Waals surface area contributed by atoms with Crippen LogP contribution in [0, 0.1) is 0 Å². The van der Waals surface area contributed by atoms with E-state index in [0.29, 0.717) is 0 Å². The molecule has 3 rings (SSSR count). The maximum Gasteiger partial charge on any atom is 0.135 e. The first-order chi connectivity index (χ1) is 6.84. The average Bonchev–Trinajstić information content (AvgIpc) is 2.56. The minimum atomic E-state index is 0.792. The zero-order valence-electron chi connectivity index (χ0n) is 7.79. The SMILES string of the molecule is Nc1ccc2oc3c(c2c1)=CCCC=3. The average molecular weight is 185 g/mol. The van der Waals surface area contributed by atoms with Gasteiger partial charge < -0.3 is 10.2 Å². The lowest BCUT2D eigenvalue weighted by atomic mass is 10.1. The first-order valence-corrected chi connectivity index (χ1v) is 4.83. The van der Waals surface area contributed by atoms with E-state index in [1.54, 1.807) is 0 Å². The summed E-state index contributed by atoms with van der Waals surface area (Å²) in [5.41, 5.74) is 8.47. The number of hydrogen-bond acceptors (Lipinski definition) is 2. The smallest absolute Gasteiger partial charge is 0.135 e. The fourth-order valence-electron chi connectivity index (χ4n) is 1.96. The van der Waals surface area contributed by atoms with E-state index in [0.717, 1.165) is 34.9 Å². The van der Waals surface area contributed by atoms with Crippen LogP contribution in [0.1, 0.15) is 12.8 Å². The number of fused-ring (bicyclic) bond motifs is 3. The van der Waals surface area contributed by atoms with Crippen molar-refractivity contribution in [2.45, 2.75) is 12.8 Å². The molecule has 70 valence electrons. The van der Waals surface area contributed by atoms with Gasteiger partial charge in [-0.25, -0.2) is 0 Å². The Balaban J connectivity index is 2.57. The standard InChI is InChI=1S/C12H11NO/c13-8-5-6-12-10(7-8)9-3-1-2-4-11(9)14-12/h3-7H,1-2,13H2. The summed E-state index contributed by atoms with van der Waals surface area (Å²) in [7, 11) is 0. The molecule has 2 N–H and O–H groups in total. The fourth-order valence-corrected chi connectivity index (χ4v) is 1.96. The van der Waals surface area contributed by atoms with E-state index in [9.17, 15) is 0 Å². The molecule has 0 amide bonds. The van der Waals surface area contributed by atoms with Crippen molar-refractivity contribution in [3.8, 4) is 0 Å². The molecule has 14 heavy (non-hydrogen) atoms. The first kappa shape index (κ1) is 7.68. The number of benzene rings is 1. The van der Waals surface area contributed by atoms with Gasteiger partial charge in [0.1, 0.15) is 11.0 Å². The third-order valence-corrected chi connectivity index (χ3v) is 2.62. The van der Waals surface area contributed by atoms with Crippen LogP contribution in [-0.2, 0) is 0 Å². The Morgan fingerprint density at radius 3 is 2.93 bits per heavy atom. The molecule has 0 bridgehead atoms. The van der Waals surface area contributed by atoms with Gasteiger partial charge in [0, 0.05) is 16.3 Å². The Morgan fingerprint density at radius 1 is 1.14 bits per heavy atom. The number of nitrogen functional groups attached to an aromatic ring is 1. The van der Waals surface area contributed by atoms with Crippen LogP contribution in [-0.4, -0.2) is 0 Å². The summed E-state index contributed by atoms with van der Waals surface area (Å²) in [5.74, 6) is 0. The molecule has 2 heteroatoms. The van der Waals surface area contributed by atoms with E-state index in [4.69, 9.17) is 10.2 Å². The van der Waals surface area contributed by atoms with Crippen LogP contribution in [0.5, 0.6) is 0 Å². The Labute approximate surface area is 81.3 Å². The van der Waals surface area contributed by atoms with Crippen LogP contribution in [0.4, 0.5) is 5.69 Å². The van der Waals surface area contributed by atoms with Crippen molar-refractivity contribution in [2.75, 3.05) is 5.73 Å². The first-order valence-electron chi connectivity index (χ1n) is 4.83. The molecule has 0 spiro atoms. The zero-order chi connectivity index (χ0) is 9.54. The van der Waals surface area contributed by atoms with Crippen molar-refractivity contribution in [2.24, 2.45) is 0 Å². The molecular weight excluding hydrogens is 174 g/mol. The Kier molecular flexibility index (Phi) is 1.45. The Morgan fingerprint density at radius 2 is 2.00 bits per heavy atom. The number of anilines is 1. The highest BCUT2D eigenvalue weighted by atomic mass is 16.3. The topological polar surface area (TPSA) is 39.2 Å². The van der Waals surface area contributed by atoms with Gasteiger partial charge in [-0.05, 0) is 37.1 Å². The molecule has 0 aliphatic heterocycles. The molecule has 2 aromatic rings. The van der Waals surface area contributed by atoms with Crippen LogP contribution in [0.15, 0.2) is 22.6 Å². The molecule has 1 heterocycles. The molecule has 1 aromatic heterocycles. The Bertz CT molecular complexity index is 607. The monoisotopic (exact) mass is 185 g/mol. The number of furan rings is 1. The molecule has 0 saturated heterocycles. The van der Waals surface area contributed by atoms with Crippen molar-refractivity contribution in [1.82, 2.24) is 0 Å². The largest absolute Gasteiger partial charge is 0.456 e. The van der Waals surface area contributed by atoms with Crippen molar-refractivity contribution in [3.05, 3.63) is 28.8 Å². The second-order valence-electron chi connectivity index (χ2n) is 3.62. The van der Waals surface area contributed by atoms with Crippen LogP contribution in [0.3, 0.4) is 0 Å². The predicted molar refractivity (Wildman–Crippen MR) is 58.0 cm³/mol. The lowest BCUT2D eigenvalue weighted by Crippen LogP contribution is -2.22. The molecular formula is C12H11NO. The van der Waals surface area contributed by atoms with Gasteiger partial charge in [0.2, 0.25) is 0 Å². The van der Waals surface area contributed by atoms with Crippen LogP contribution in [0.25, 0.3) is 23.1 Å². The minimum Gasteiger partial charge on any atom is -0.456 e. The zero-order valence-corrected chi connectivity index (χ0v) is 7.79. The molecule has 0 radical (unpaired) electrons. The number of nitrogens with two attached hydrogens (primary N) is 1. The van der Waals surface area contributed by atoms with Gasteiger partial charge >= 0.3 is 0 Å². The van der Waals surface area contributed by atoms with Crippen molar-refractivity contribution >= 4 is 28.8 Å². The van der Waals surface area contributed by atoms with Crippen LogP contribution in [0.2, 0.25) is 0 Å². The fraction of sp³-hybridized carbons (Fsp3) is 0.167. The highest BCUT2D eigenvalue weighted by Crippen LogP contribution is 2.13. The third-order valence-electron chi connectivity index (χ3n) is 2.62. The predicted octanol–water partition coefficient (Wildman–Crippen LogP) is 1.37. The van der Waals surface area contributed by atoms with Crippen molar-refractivity contribution in [3.63, 3.8) is 0 Å². The second-order valence-corrected chi connectivity index (χ2v) is 3.62. The van der Waals surface area contributed by atoms with Gasteiger partial charge in [-0.3, -0.25) is 0 Å². The number of hydrogen-bond donors (Lipinski definition) is 1. The maximum atomic E-state index is 5.75. The summed E-state index contributed by atoms with van der Waals surface area (Å²) in [5, 5.41) is 2.34. The van der Waals surface area contributed by atoms with E-state index in [2.05, 4.69) is 12.2 Å². The van der Waals surface area contributed by atoms with Gasteiger partial charge in [-0.2, -0.15) is 0 Å². The molecule has 1 aliphatic rings. The molecule has 0 atom stereocenters. The van der Waals surface area contributed by atoms with Crippen molar-refractivity contribution < 1.29 is 4.42 Å². The van der Waals surface area contributed by atoms with E-state index >= 15 is 0 Å². The normalized spacial score (nSPS) is 14.6. The van der Waals surface area contributed by atoms with E-state index < -0.39 is 0 Å². The van der Waals surface area contributed by atoms with E-state index in [1.165, 1.54) is 5.22 Å². The summed E-state index contributed by atoms with van der Waals surface area (Å²) in [6.45, 7) is 0. The molecule has 2 nitrogen and oxygen atoms in total. The summed E-state index contributed by atoms with van der Waals surface area (Å²) >= 11 is 0. The molecule has 0 fully saturated rings. The van der Waals surface area contributed by atoms with Gasteiger partial charge in [0.05, 0.1) is 0 Å². The second kappa shape index (κ2) is 2.64. The Hall–Kier alpha value is -1.70. The summed E-state index contributed by atoms with van der Waals surface area (Å²) in [4.78, 5) is 0. The van der Waals surface area contributed by atoms with Crippen LogP contribution < -0.4 is 16.4 Å². The van der Waals surface area contributed by atoms with Gasteiger partial charge in [0.15, 0.2) is 0 Å². The van der Waals surface area contributed by atoms with E-state index in [1.807, 2.05) is 18.2 Å². The number of rotatable bonds is 0. The summed E-state index contributed by atoms with van der Waals surface area (Å²) in [6.07, 6.45) is 6.53. The molecule has 0 unspecified atom stereocenters. The summed E-state index contributed by atoms with van der Waals surface area (Å²) < 4.78 is 5.70. The van der Waals surface area contributed by atoms with Gasteiger partial charge in [-0.1, -0.05) is 6.08 Å². The molecule has 1 aromatic carbocycles. The minimum absolute atomic E-state index is 0.792. The van der Waals surface area contributed by atoms with E-state index in [-0.39, 0.29) is 0 Å². The quantitative estimate of drug-likeness (QED) is 0.629. The van der Waals surface area contributed by atoms with Crippen molar-refractivity contribution in [1.29, 1.82) is 0 Å².